The minimum Gasteiger partial charge on any atom is -0.394 e. The van der Waals surface area contributed by atoms with Crippen LogP contribution in [-0.2, 0) is 14.4 Å². The smallest absolute Gasteiger partial charge is 0.185 e. The van der Waals surface area contributed by atoms with Gasteiger partial charge in [-0.05, 0) is 78.0 Å². The van der Waals surface area contributed by atoms with Crippen molar-refractivity contribution in [2.75, 3.05) is 25.4 Å². The molecule has 0 aliphatic heterocycles. The number of aliphatic hydroxyl groups is 5. The van der Waals surface area contributed by atoms with Crippen LogP contribution in [0.3, 0.4) is 0 Å². The summed E-state index contributed by atoms with van der Waals surface area (Å²) in [5.74, 6) is 1.01. The number of rotatable bonds is 19. The number of nitrogens with zero attached hydrogens (tertiary/aromatic N) is 1. The fourth-order valence-electron chi connectivity index (χ4n) is 2.75. The van der Waals surface area contributed by atoms with Gasteiger partial charge in [-0.15, -0.1) is 0 Å². The molecule has 266 valence electrons. The van der Waals surface area contributed by atoms with E-state index in [9.17, 15) is 14.4 Å². The predicted molar refractivity (Wildman–Crippen MR) is 180 cm³/mol. The number of thiol groups is 1. The molecule has 44 heavy (non-hydrogen) atoms. The molecule has 16 heteroatoms. The second-order valence-corrected chi connectivity index (χ2v) is 10.4. The van der Waals surface area contributed by atoms with Crippen LogP contribution >= 0.6 is 12.6 Å². The summed E-state index contributed by atoms with van der Waals surface area (Å²) in [6.45, 7) is 6.72. The lowest BCUT2D eigenvalue weighted by Crippen LogP contribution is -2.45. The summed E-state index contributed by atoms with van der Waals surface area (Å²) >= 11 is 4.00. The molecule has 0 saturated carbocycles. The highest BCUT2D eigenvalue weighted by atomic mass is 32.1. The number of unbranched alkanes of at least 4 members (excludes halogenated alkanes) is 1. The highest BCUT2D eigenvalue weighted by Crippen LogP contribution is 2.07. The minimum absolute atomic E-state index is 0. The highest BCUT2D eigenvalue weighted by molar-refractivity contribution is 7.80. The molecule has 0 spiro atoms. The lowest BCUT2D eigenvalue weighted by molar-refractivity contribution is -0.119. The molecule has 7 atom stereocenters. The molecule has 0 rings (SSSR count). The van der Waals surface area contributed by atoms with Crippen molar-refractivity contribution in [2.45, 2.75) is 129 Å². The molecular weight excluding hydrogens is 594 g/mol. The molecule has 0 aromatic rings. The number of nitrogens with two attached hydrogens (primary N) is 6. The predicted octanol–water partition coefficient (Wildman–Crippen LogP) is -1.93. The number of carbonyl (C=O) groups is 3. The molecule has 0 bridgehead atoms. The van der Waals surface area contributed by atoms with Crippen molar-refractivity contribution in [1.29, 1.82) is 0 Å². The summed E-state index contributed by atoms with van der Waals surface area (Å²) in [5, 5.41) is 44.5. The van der Waals surface area contributed by atoms with Crippen molar-refractivity contribution in [1.82, 2.24) is 0 Å². The molecule has 17 N–H and O–H groups in total. The molecule has 0 radical (unpaired) electrons. The second-order valence-electron chi connectivity index (χ2n) is 9.96. The molecule has 0 fully saturated rings. The van der Waals surface area contributed by atoms with Crippen molar-refractivity contribution in [3.63, 3.8) is 0 Å². The Hall–Kier alpha value is -1.73. The standard InChI is InChI=1S/C7H16N4O.C7H16N2O.C7H16O5.C6H13NOS.CH4/c1-5(12)6(8)3-2-4-11-7(9)10;1-6(10)7(9)4-2-3-5-8;1-2-4(9)6(11)7(12)5(10)3-8;1-5(8)6(7)3-2-4-9;/h6H,2-4,8H2,1H3,(H4,9,10,11);7H,2-5,8-9H2,1H3;4-12H,2-3H2,1H3;6,9H,2-4,7H2,1H3;1H4/t6-;7-;4-,5-,6-,7-;6-;/m0010./s1. The Kier molecular flexibility index (Phi) is 40.2. The van der Waals surface area contributed by atoms with E-state index in [0.717, 1.165) is 44.3 Å². The van der Waals surface area contributed by atoms with Gasteiger partial charge in [0.15, 0.2) is 5.96 Å². The van der Waals surface area contributed by atoms with Gasteiger partial charge in [0.25, 0.3) is 0 Å². The zero-order valence-electron chi connectivity index (χ0n) is 26.3. The molecule has 0 heterocycles. The maximum Gasteiger partial charge on any atom is 0.185 e. The number of hydrogen-bond donors (Lipinski definition) is 12. The molecule has 0 unspecified atom stereocenters. The Morgan fingerprint density at radius 2 is 1.11 bits per heavy atom. The first-order valence-corrected chi connectivity index (χ1v) is 15.0. The topological polar surface area (TPSA) is 321 Å². The Balaban J connectivity index is -0.000000154. The van der Waals surface area contributed by atoms with Gasteiger partial charge in [0.05, 0.1) is 30.8 Å². The van der Waals surface area contributed by atoms with Crippen LogP contribution in [0.5, 0.6) is 0 Å². The van der Waals surface area contributed by atoms with E-state index in [1.807, 2.05) is 0 Å². The molecule has 0 aliphatic carbocycles. The third-order valence-electron chi connectivity index (χ3n) is 5.92. The van der Waals surface area contributed by atoms with Gasteiger partial charge in [-0.2, -0.15) is 12.6 Å². The Morgan fingerprint density at radius 3 is 1.43 bits per heavy atom. The minimum atomic E-state index is -1.51. The fourth-order valence-corrected chi connectivity index (χ4v) is 2.94. The third kappa shape index (κ3) is 34.8. The van der Waals surface area contributed by atoms with Crippen molar-refractivity contribution < 1.29 is 39.9 Å². The van der Waals surface area contributed by atoms with E-state index in [1.165, 1.54) is 20.8 Å². The molecule has 0 aromatic carbocycles. The van der Waals surface area contributed by atoms with Crippen LogP contribution in [0.15, 0.2) is 4.99 Å². The molecule has 15 nitrogen and oxygen atoms in total. The van der Waals surface area contributed by atoms with Crippen molar-refractivity contribution >= 4 is 35.9 Å². The van der Waals surface area contributed by atoms with Gasteiger partial charge >= 0.3 is 0 Å². The van der Waals surface area contributed by atoms with Gasteiger partial charge in [0, 0.05) is 6.54 Å². The largest absolute Gasteiger partial charge is 0.394 e. The zero-order valence-corrected chi connectivity index (χ0v) is 27.2. The summed E-state index contributed by atoms with van der Waals surface area (Å²) in [6.07, 6.45) is 0.582. The van der Waals surface area contributed by atoms with E-state index in [4.69, 9.17) is 59.9 Å². The van der Waals surface area contributed by atoms with Crippen LogP contribution in [0.1, 0.15) is 86.5 Å². The SMILES string of the molecule is C.CC(=O)[C@@H](N)CCCCN.CC(=O)[C@@H](N)CCCN=C(N)N.CC(=O)[C@@H](N)CCCS.CC[C@@H](O)[C@@H](O)[C@H](O)[C@H](O)CO. The van der Waals surface area contributed by atoms with Crippen molar-refractivity contribution in [3.8, 4) is 0 Å². The van der Waals surface area contributed by atoms with E-state index in [-0.39, 0.29) is 55.3 Å². The fraction of sp³-hybridized carbons (Fsp3) is 0.857. The van der Waals surface area contributed by atoms with E-state index < -0.39 is 31.0 Å². The first kappa shape index (κ1) is 51.8. The maximum atomic E-state index is 10.7. The summed E-state index contributed by atoms with van der Waals surface area (Å²) < 4.78 is 0. The van der Waals surface area contributed by atoms with Crippen LogP contribution < -0.4 is 34.4 Å². The van der Waals surface area contributed by atoms with Gasteiger partial charge in [-0.1, -0.05) is 20.8 Å². The first-order valence-electron chi connectivity index (χ1n) is 14.4. The molecule has 0 saturated heterocycles. The summed E-state index contributed by atoms with van der Waals surface area (Å²) in [4.78, 5) is 35.5. The summed E-state index contributed by atoms with van der Waals surface area (Å²) in [5.41, 5.74) is 31.8. The third-order valence-corrected chi connectivity index (χ3v) is 6.24. The number of aliphatic imine (C=N–C) groups is 1. The number of hydrogen-bond acceptors (Lipinski definition) is 14. The highest BCUT2D eigenvalue weighted by Gasteiger charge is 2.28. The first-order chi connectivity index (χ1) is 19.9. The summed E-state index contributed by atoms with van der Waals surface area (Å²) in [6, 6.07) is -0.914. The van der Waals surface area contributed by atoms with Crippen molar-refractivity contribution in [2.24, 2.45) is 39.4 Å². The van der Waals surface area contributed by atoms with Crippen LogP contribution in [0.4, 0.5) is 0 Å². The van der Waals surface area contributed by atoms with Crippen LogP contribution in [-0.4, -0.2) is 117 Å². The normalized spacial score (nSPS) is 14.9. The molecule has 0 aromatic heterocycles. The number of ketones is 3. The Bertz CT molecular complexity index is 720. The van der Waals surface area contributed by atoms with E-state index in [0.29, 0.717) is 19.5 Å². The monoisotopic (exact) mass is 659 g/mol. The average molecular weight is 660 g/mol. The van der Waals surface area contributed by atoms with Gasteiger partial charge < -0.3 is 59.9 Å². The van der Waals surface area contributed by atoms with Gasteiger partial charge in [0.1, 0.15) is 35.7 Å². The number of Topliss-reactive ketones (excluding diaryl/α,β-unsaturated/α-hetero) is 3. The van der Waals surface area contributed by atoms with Crippen molar-refractivity contribution in [3.05, 3.63) is 0 Å². The van der Waals surface area contributed by atoms with E-state index >= 15 is 0 Å². The second kappa shape index (κ2) is 34.1. The maximum absolute atomic E-state index is 10.7. The molecule has 0 amide bonds. The molecule has 0 aliphatic rings. The van der Waals surface area contributed by atoms with Crippen LogP contribution in [0, 0.1) is 0 Å². The lowest BCUT2D eigenvalue weighted by Gasteiger charge is -2.24. The quantitative estimate of drug-likeness (QED) is 0.0311. The van der Waals surface area contributed by atoms with E-state index in [1.54, 1.807) is 6.92 Å². The summed E-state index contributed by atoms with van der Waals surface area (Å²) in [7, 11) is 0. The van der Waals surface area contributed by atoms with Gasteiger partial charge in [0.2, 0.25) is 0 Å². The number of aliphatic hydroxyl groups excluding tert-OH is 5. The number of carbonyl (C=O) groups excluding carboxylic acids is 3. The molecular formula is C28H65N7O8S. The lowest BCUT2D eigenvalue weighted by atomic mass is 10.0. The van der Waals surface area contributed by atoms with Crippen LogP contribution in [0.2, 0.25) is 0 Å². The zero-order chi connectivity index (χ0) is 34.5. The van der Waals surface area contributed by atoms with Gasteiger partial charge in [-0.3, -0.25) is 19.4 Å². The number of guanidine groups is 1. The van der Waals surface area contributed by atoms with E-state index in [2.05, 4.69) is 17.6 Å². The average Bonchev–Trinajstić information content (AvgIpc) is 2.96. The Morgan fingerprint density at radius 1 is 0.727 bits per heavy atom. The van der Waals surface area contributed by atoms with Crippen LogP contribution in [0.25, 0.3) is 0 Å². The van der Waals surface area contributed by atoms with Gasteiger partial charge in [-0.25, -0.2) is 0 Å². The Labute approximate surface area is 269 Å².